The molecule has 7 nitrogen and oxygen atoms in total. The first-order valence-electron chi connectivity index (χ1n) is 9.27. The van der Waals surface area contributed by atoms with Crippen molar-refractivity contribution in [2.45, 2.75) is 68.3 Å². The second-order valence-electron chi connectivity index (χ2n) is 7.04. The first-order chi connectivity index (χ1) is 13.1. The highest BCUT2D eigenvalue weighted by molar-refractivity contribution is 8.00. The summed E-state index contributed by atoms with van der Waals surface area (Å²) >= 11 is 2.80. The number of nitriles is 1. The fourth-order valence-corrected chi connectivity index (χ4v) is 5.57. The van der Waals surface area contributed by atoms with Crippen LogP contribution in [0.2, 0.25) is 0 Å². The van der Waals surface area contributed by atoms with Gasteiger partial charge >= 0.3 is 5.69 Å². The number of nitrogens with one attached hydrogen (secondary N) is 2. The van der Waals surface area contributed by atoms with Crippen LogP contribution in [0.15, 0.2) is 9.95 Å². The molecule has 1 atom stereocenters. The molecule has 0 aromatic carbocycles. The number of thiophene rings is 1. The number of hydrogen-bond acceptors (Lipinski definition) is 6. The zero-order valence-electron chi connectivity index (χ0n) is 15.1. The lowest BCUT2D eigenvalue weighted by atomic mass is 10.1. The van der Waals surface area contributed by atoms with Crippen LogP contribution < -0.4 is 11.0 Å². The summed E-state index contributed by atoms with van der Waals surface area (Å²) in [6, 6.07) is 2.49. The summed E-state index contributed by atoms with van der Waals surface area (Å²) < 4.78 is 1.64. The van der Waals surface area contributed by atoms with E-state index >= 15 is 0 Å². The molecule has 9 heteroatoms. The van der Waals surface area contributed by atoms with E-state index in [0.29, 0.717) is 15.7 Å². The van der Waals surface area contributed by atoms with Gasteiger partial charge in [-0.15, -0.1) is 16.4 Å². The third-order valence-corrected chi connectivity index (χ3v) is 7.28. The van der Waals surface area contributed by atoms with Crippen LogP contribution in [0.1, 0.15) is 61.1 Å². The Bertz CT molecular complexity index is 964. The first kappa shape index (κ1) is 18.3. The number of hydrogen-bond donors (Lipinski definition) is 2. The topological polar surface area (TPSA) is 104 Å². The lowest BCUT2D eigenvalue weighted by Gasteiger charge is -2.11. The van der Waals surface area contributed by atoms with Crippen molar-refractivity contribution in [3.8, 4) is 6.07 Å². The monoisotopic (exact) mass is 403 g/mol. The third-order valence-electron chi connectivity index (χ3n) is 5.01. The standard InChI is InChI=1S/C18H21N5O2S2/c1-10(26-18-22-21-17(25)23(18)11-7-8-11)15(24)20-16-13(9-19)12-5-3-2-4-6-14(12)27-16/h10-11H,2-8H2,1H3,(H,20,24)(H,21,25)/t10-/m0/s1. The lowest BCUT2D eigenvalue weighted by molar-refractivity contribution is -0.115. The van der Waals surface area contributed by atoms with Crippen molar-refractivity contribution < 1.29 is 4.79 Å². The van der Waals surface area contributed by atoms with Crippen LogP contribution in [0.3, 0.4) is 0 Å². The van der Waals surface area contributed by atoms with Crippen LogP contribution in [-0.4, -0.2) is 25.9 Å². The van der Waals surface area contributed by atoms with E-state index in [1.54, 1.807) is 11.5 Å². The van der Waals surface area contributed by atoms with Crippen LogP contribution in [0.5, 0.6) is 0 Å². The maximum atomic E-state index is 12.7. The predicted molar refractivity (Wildman–Crippen MR) is 105 cm³/mol. The van der Waals surface area contributed by atoms with Gasteiger partial charge in [-0.05, 0) is 51.0 Å². The zero-order valence-corrected chi connectivity index (χ0v) is 16.7. The molecule has 2 aliphatic rings. The average Bonchev–Trinajstić information content (AvgIpc) is 3.39. The van der Waals surface area contributed by atoms with Crippen LogP contribution in [0.4, 0.5) is 5.00 Å². The Balaban J connectivity index is 1.49. The van der Waals surface area contributed by atoms with Gasteiger partial charge in [-0.1, -0.05) is 18.2 Å². The van der Waals surface area contributed by atoms with E-state index in [0.717, 1.165) is 44.1 Å². The molecule has 0 radical (unpaired) electrons. The van der Waals surface area contributed by atoms with Crippen molar-refractivity contribution in [1.82, 2.24) is 14.8 Å². The molecule has 2 aliphatic carbocycles. The summed E-state index contributed by atoms with van der Waals surface area (Å²) in [4.78, 5) is 25.8. The molecule has 2 aromatic heterocycles. The number of amides is 1. The van der Waals surface area contributed by atoms with E-state index in [2.05, 4.69) is 21.6 Å². The number of fused-ring (bicyclic) bond motifs is 1. The van der Waals surface area contributed by atoms with E-state index in [1.807, 2.05) is 0 Å². The number of aryl methyl sites for hydroxylation is 1. The maximum absolute atomic E-state index is 12.7. The summed E-state index contributed by atoms with van der Waals surface area (Å²) in [6.07, 6.45) is 7.26. The number of carbonyl (C=O) groups excluding carboxylic acids is 1. The van der Waals surface area contributed by atoms with Gasteiger partial charge in [0.25, 0.3) is 0 Å². The molecule has 0 unspecified atom stereocenters. The third kappa shape index (κ3) is 3.69. The van der Waals surface area contributed by atoms with Crippen molar-refractivity contribution in [3.63, 3.8) is 0 Å². The minimum atomic E-state index is -0.425. The number of rotatable bonds is 5. The van der Waals surface area contributed by atoms with Crippen molar-refractivity contribution in [2.75, 3.05) is 5.32 Å². The number of nitrogens with zero attached hydrogens (tertiary/aromatic N) is 3. The van der Waals surface area contributed by atoms with Gasteiger partial charge in [0.1, 0.15) is 11.1 Å². The van der Waals surface area contributed by atoms with Crippen LogP contribution in [0.25, 0.3) is 0 Å². The van der Waals surface area contributed by atoms with Crippen molar-refractivity contribution in [1.29, 1.82) is 5.26 Å². The Morgan fingerprint density at radius 2 is 2.19 bits per heavy atom. The summed E-state index contributed by atoms with van der Waals surface area (Å²) in [6.45, 7) is 1.79. The van der Waals surface area contributed by atoms with Crippen molar-refractivity contribution in [3.05, 3.63) is 26.5 Å². The van der Waals surface area contributed by atoms with E-state index < -0.39 is 5.25 Å². The van der Waals surface area contributed by atoms with Gasteiger partial charge in [0, 0.05) is 10.9 Å². The molecule has 0 saturated heterocycles. The molecule has 2 heterocycles. The fourth-order valence-electron chi connectivity index (χ4n) is 3.40. The fraction of sp³-hybridized carbons (Fsp3) is 0.556. The molecule has 1 amide bonds. The second-order valence-corrected chi connectivity index (χ2v) is 9.46. The van der Waals surface area contributed by atoms with E-state index in [4.69, 9.17) is 0 Å². The Morgan fingerprint density at radius 1 is 1.41 bits per heavy atom. The highest BCUT2D eigenvalue weighted by atomic mass is 32.2. The van der Waals surface area contributed by atoms with E-state index in [9.17, 15) is 14.9 Å². The SMILES string of the molecule is C[C@H](Sc1n[nH]c(=O)n1C1CC1)C(=O)Nc1sc2c(c1C#N)CCCCC2. The van der Waals surface area contributed by atoms with Crippen LogP contribution in [-0.2, 0) is 17.6 Å². The molecule has 4 rings (SSSR count). The number of aromatic amines is 1. The quantitative estimate of drug-likeness (QED) is 0.589. The Morgan fingerprint density at radius 3 is 2.93 bits per heavy atom. The Labute approximate surface area is 165 Å². The lowest BCUT2D eigenvalue weighted by Crippen LogP contribution is -2.23. The Hall–Kier alpha value is -2.05. The van der Waals surface area contributed by atoms with Gasteiger partial charge in [0.2, 0.25) is 5.91 Å². The molecular formula is C18H21N5O2S2. The van der Waals surface area contributed by atoms with Crippen molar-refractivity contribution in [2.24, 2.45) is 0 Å². The maximum Gasteiger partial charge on any atom is 0.344 e. The second kappa shape index (κ2) is 7.52. The van der Waals surface area contributed by atoms with Gasteiger partial charge < -0.3 is 5.32 Å². The van der Waals surface area contributed by atoms with Gasteiger partial charge in [-0.3, -0.25) is 9.36 Å². The average molecular weight is 404 g/mol. The van der Waals surface area contributed by atoms with Crippen LogP contribution >= 0.6 is 23.1 Å². The number of anilines is 1. The summed E-state index contributed by atoms with van der Waals surface area (Å²) in [7, 11) is 0. The molecule has 1 fully saturated rings. The van der Waals surface area contributed by atoms with Crippen LogP contribution in [0, 0.1) is 11.3 Å². The smallest absolute Gasteiger partial charge is 0.316 e. The minimum absolute atomic E-state index is 0.175. The molecule has 2 aromatic rings. The molecule has 0 spiro atoms. The molecular weight excluding hydrogens is 382 g/mol. The highest BCUT2D eigenvalue weighted by Gasteiger charge is 2.30. The molecule has 2 N–H and O–H groups in total. The summed E-state index contributed by atoms with van der Waals surface area (Å²) in [5.41, 5.74) is 1.52. The van der Waals surface area contributed by atoms with Gasteiger partial charge in [-0.25, -0.2) is 9.89 Å². The van der Waals surface area contributed by atoms with E-state index in [1.165, 1.54) is 34.4 Å². The number of aromatic nitrogens is 3. The first-order valence-corrected chi connectivity index (χ1v) is 11.0. The largest absolute Gasteiger partial charge is 0.344 e. The molecule has 27 heavy (non-hydrogen) atoms. The Kier molecular flexibility index (Phi) is 5.10. The molecule has 0 bridgehead atoms. The number of carbonyl (C=O) groups is 1. The summed E-state index contributed by atoms with van der Waals surface area (Å²) in [5, 5.41) is 19.9. The molecule has 0 aliphatic heterocycles. The molecule has 142 valence electrons. The van der Waals surface area contributed by atoms with E-state index in [-0.39, 0.29) is 17.6 Å². The normalized spacial score (nSPS) is 17.6. The van der Waals surface area contributed by atoms with Gasteiger partial charge in [-0.2, -0.15) is 5.26 Å². The number of thioether (sulfide) groups is 1. The van der Waals surface area contributed by atoms with Gasteiger partial charge in [0.05, 0.1) is 10.8 Å². The minimum Gasteiger partial charge on any atom is -0.316 e. The summed E-state index contributed by atoms with van der Waals surface area (Å²) in [5.74, 6) is -0.175. The number of H-pyrrole nitrogens is 1. The zero-order chi connectivity index (χ0) is 19.0. The highest BCUT2D eigenvalue weighted by Crippen LogP contribution is 2.38. The molecule has 1 saturated carbocycles. The van der Waals surface area contributed by atoms with Gasteiger partial charge in [0.15, 0.2) is 5.16 Å². The predicted octanol–water partition coefficient (Wildman–Crippen LogP) is 3.23. The van der Waals surface area contributed by atoms with Crippen molar-refractivity contribution >= 4 is 34.0 Å².